The second-order valence-corrected chi connectivity index (χ2v) is 8.49. The summed E-state index contributed by atoms with van der Waals surface area (Å²) in [7, 11) is 0. The van der Waals surface area contributed by atoms with Crippen LogP contribution in [0.25, 0.3) is 0 Å². The van der Waals surface area contributed by atoms with E-state index in [0.29, 0.717) is 39.5 Å². The molecule has 4 rings (SSSR count). The number of halogens is 1. The number of benzene rings is 1. The SMILES string of the molecule is Cc1ccc(NC(=O)Cn2ncc3c(c2=O)N(CC2CC2)C(=O)CS3)cc1Cl. The second-order valence-electron chi connectivity index (χ2n) is 7.07. The van der Waals surface area contributed by atoms with Gasteiger partial charge in [-0.2, -0.15) is 5.10 Å². The summed E-state index contributed by atoms with van der Waals surface area (Å²) in [6.07, 6.45) is 3.71. The van der Waals surface area contributed by atoms with E-state index >= 15 is 0 Å². The summed E-state index contributed by atoms with van der Waals surface area (Å²) in [5.74, 6) is 0.297. The molecular weight excluding hydrogens is 400 g/mol. The van der Waals surface area contributed by atoms with Crippen LogP contribution in [0.2, 0.25) is 5.02 Å². The van der Waals surface area contributed by atoms with E-state index in [9.17, 15) is 14.4 Å². The molecule has 1 saturated carbocycles. The minimum Gasteiger partial charge on any atom is -0.324 e. The van der Waals surface area contributed by atoms with Crippen LogP contribution in [0.1, 0.15) is 18.4 Å². The molecule has 1 fully saturated rings. The summed E-state index contributed by atoms with van der Waals surface area (Å²) < 4.78 is 1.10. The topological polar surface area (TPSA) is 84.3 Å². The summed E-state index contributed by atoms with van der Waals surface area (Å²) >= 11 is 7.39. The number of thioether (sulfide) groups is 1. The smallest absolute Gasteiger partial charge is 0.292 e. The van der Waals surface area contributed by atoms with Crippen molar-refractivity contribution in [3.05, 3.63) is 45.3 Å². The maximum atomic E-state index is 13.0. The number of nitrogens with zero attached hydrogens (tertiary/aromatic N) is 3. The van der Waals surface area contributed by atoms with Crippen molar-refractivity contribution in [1.29, 1.82) is 0 Å². The molecule has 0 radical (unpaired) electrons. The van der Waals surface area contributed by atoms with Crippen LogP contribution < -0.4 is 15.8 Å². The maximum Gasteiger partial charge on any atom is 0.292 e. The van der Waals surface area contributed by atoms with Crippen LogP contribution >= 0.6 is 23.4 Å². The number of aromatic nitrogens is 2. The van der Waals surface area contributed by atoms with Crippen LogP contribution in [0.15, 0.2) is 34.1 Å². The predicted molar refractivity (Wildman–Crippen MR) is 109 cm³/mol. The molecular formula is C19H19ClN4O3S. The van der Waals surface area contributed by atoms with Gasteiger partial charge in [-0.3, -0.25) is 14.4 Å². The lowest BCUT2D eigenvalue weighted by molar-refractivity contribution is -0.117. The van der Waals surface area contributed by atoms with E-state index in [-0.39, 0.29) is 12.5 Å². The zero-order valence-corrected chi connectivity index (χ0v) is 16.8. The fourth-order valence-electron chi connectivity index (χ4n) is 3.03. The van der Waals surface area contributed by atoms with E-state index in [2.05, 4.69) is 10.4 Å². The number of rotatable bonds is 5. The summed E-state index contributed by atoms with van der Waals surface area (Å²) in [5.41, 5.74) is 1.38. The number of anilines is 2. The Hall–Kier alpha value is -2.32. The molecule has 28 heavy (non-hydrogen) atoms. The molecule has 0 atom stereocenters. The predicted octanol–water partition coefficient (Wildman–Crippen LogP) is 2.69. The van der Waals surface area contributed by atoms with E-state index in [1.807, 2.05) is 6.92 Å². The molecule has 7 nitrogen and oxygen atoms in total. The van der Waals surface area contributed by atoms with Gasteiger partial charge in [-0.05, 0) is 43.4 Å². The molecule has 1 aliphatic heterocycles. The first kappa shape index (κ1) is 19.0. The lowest BCUT2D eigenvalue weighted by Crippen LogP contribution is -2.43. The van der Waals surface area contributed by atoms with Crippen molar-refractivity contribution in [3.63, 3.8) is 0 Å². The molecule has 1 N–H and O–H groups in total. The van der Waals surface area contributed by atoms with E-state index in [1.165, 1.54) is 11.8 Å². The van der Waals surface area contributed by atoms with Crippen LogP contribution in [0.5, 0.6) is 0 Å². The molecule has 2 aromatic rings. The number of amides is 2. The van der Waals surface area contributed by atoms with E-state index in [1.54, 1.807) is 29.3 Å². The van der Waals surface area contributed by atoms with Crippen LogP contribution in [0.3, 0.4) is 0 Å². The second kappa shape index (κ2) is 7.60. The summed E-state index contributed by atoms with van der Waals surface area (Å²) in [5, 5.41) is 7.39. The minimum atomic E-state index is -0.421. The molecule has 1 aromatic carbocycles. The van der Waals surface area contributed by atoms with E-state index in [0.717, 1.165) is 23.1 Å². The minimum absolute atomic E-state index is 0.0713. The van der Waals surface area contributed by atoms with Crippen molar-refractivity contribution in [2.75, 3.05) is 22.5 Å². The molecule has 2 amide bonds. The molecule has 1 aromatic heterocycles. The monoisotopic (exact) mass is 418 g/mol. The zero-order chi connectivity index (χ0) is 19.8. The van der Waals surface area contributed by atoms with Crippen LogP contribution in [-0.2, 0) is 16.1 Å². The lowest BCUT2D eigenvalue weighted by atomic mass is 10.2. The largest absolute Gasteiger partial charge is 0.324 e. The molecule has 1 aliphatic carbocycles. The Morgan fingerprint density at radius 2 is 2.14 bits per heavy atom. The van der Waals surface area contributed by atoms with Gasteiger partial charge in [0.15, 0.2) is 0 Å². The first-order chi connectivity index (χ1) is 13.4. The summed E-state index contributed by atoms with van der Waals surface area (Å²) in [6, 6.07) is 5.21. The third kappa shape index (κ3) is 3.93. The average Bonchev–Trinajstić information content (AvgIpc) is 3.47. The third-order valence-corrected chi connectivity index (χ3v) is 6.20. The number of fused-ring (bicyclic) bond motifs is 1. The van der Waals surface area contributed by atoms with Crippen LogP contribution in [0, 0.1) is 12.8 Å². The highest BCUT2D eigenvalue weighted by Gasteiger charge is 2.34. The van der Waals surface area contributed by atoms with Crippen molar-refractivity contribution < 1.29 is 9.59 Å². The van der Waals surface area contributed by atoms with Crippen molar-refractivity contribution in [2.45, 2.75) is 31.2 Å². The highest BCUT2D eigenvalue weighted by Crippen LogP contribution is 2.36. The van der Waals surface area contributed by atoms with Gasteiger partial charge in [0.2, 0.25) is 11.8 Å². The van der Waals surface area contributed by atoms with E-state index < -0.39 is 11.5 Å². The number of hydrogen-bond acceptors (Lipinski definition) is 5. The standard InChI is InChI=1S/C19H19ClN4O3S/c1-11-2-5-13(6-14(11)20)22-16(25)9-24-19(27)18-15(7-21-24)28-10-17(26)23(18)8-12-3-4-12/h2,5-7,12H,3-4,8-10H2,1H3,(H,22,25). The van der Waals surface area contributed by atoms with Crippen molar-refractivity contribution in [2.24, 2.45) is 5.92 Å². The number of nitrogens with one attached hydrogen (secondary N) is 1. The number of aryl methyl sites for hydroxylation is 1. The lowest BCUT2D eigenvalue weighted by Gasteiger charge is -2.28. The van der Waals surface area contributed by atoms with Gasteiger partial charge in [0.05, 0.1) is 16.8 Å². The highest BCUT2D eigenvalue weighted by molar-refractivity contribution is 8.00. The molecule has 9 heteroatoms. The van der Waals surface area contributed by atoms with Gasteiger partial charge >= 0.3 is 0 Å². The maximum absolute atomic E-state index is 13.0. The van der Waals surface area contributed by atoms with Gasteiger partial charge in [-0.1, -0.05) is 17.7 Å². The Morgan fingerprint density at radius 1 is 1.36 bits per heavy atom. The number of carbonyl (C=O) groups is 2. The van der Waals surface area contributed by atoms with E-state index in [4.69, 9.17) is 11.6 Å². The first-order valence-corrected chi connectivity index (χ1v) is 10.4. The molecule has 146 valence electrons. The molecule has 2 heterocycles. The quantitative estimate of drug-likeness (QED) is 0.807. The van der Waals surface area contributed by atoms with Gasteiger partial charge in [-0.15, -0.1) is 11.8 Å². The Bertz CT molecular complexity index is 1020. The Labute approximate surface area is 171 Å². The van der Waals surface area contributed by atoms with Gasteiger partial charge in [0.1, 0.15) is 12.2 Å². The fourth-order valence-corrected chi connectivity index (χ4v) is 4.10. The fraction of sp³-hybridized carbons (Fsp3) is 0.368. The van der Waals surface area contributed by atoms with Crippen LogP contribution in [0.4, 0.5) is 11.4 Å². The molecule has 0 spiro atoms. The van der Waals surface area contributed by atoms with Gasteiger partial charge in [-0.25, -0.2) is 4.68 Å². The van der Waals surface area contributed by atoms with Crippen LogP contribution in [-0.4, -0.2) is 33.9 Å². The molecule has 0 bridgehead atoms. The Kier molecular flexibility index (Phi) is 5.16. The van der Waals surface area contributed by atoms with Crippen molar-refractivity contribution >= 4 is 46.6 Å². The van der Waals surface area contributed by atoms with Crippen molar-refractivity contribution in [3.8, 4) is 0 Å². The third-order valence-electron chi connectivity index (χ3n) is 4.79. The highest BCUT2D eigenvalue weighted by atomic mass is 35.5. The number of carbonyl (C=O) groups excluding carboxylic acids is 2. The van der Waals surface area contributed by atoms with Crippen molar-refractivity contribution in [1.82, 2.24) is 9.78 Å². The summed E-state index contributed by atoms with van der Waals surface area (Å²) in [4.78, 5) is 40.0. The van der Waals surface area contributed by atoms with Gasteiger partial charge < -0.3 is 10.2 Å². The zero-order valence-electron chi connectivity index (χ0n) is 15.3. The Morgan fingerprint density at radius 3 is 2.86 bits per heavy atom. The normalized spacial score (nSPS) is 16.1. The summed E-state index contributed by atoms with van der Waals surface area (Å²) in [6.45, 7) is 2.19. The Balaban J connectivity index is 1.56. The molecule has 0 unspecified atom stereocenters. The molecule has 2 aliphatic rings. The number of hydrogen-bond donors (Lipinski definition) is 1. The van der Waals surface area contributed by atoms with Gasteiger partial charge in [0.25, 0.3) is 5.56 Å². The first-order valence-electron chi connectivity index (χ1n) is 9.01. The van der Waals surface area contributed by atoms with Gasteiger partial charge in [0, 0.05) is 17.3 Å². The average molecular weight is 419 g/mol. The molecule has 0 saturated heterocycles.